The van der Waals surface area contributed by atoms with Gasteiger partial charge in [0.1, 0.15) is 0 Å². The Kier molecular flexibility index (Phi) is 18.9. The number of carboxylic acid groups (broad SMARTS) is 1. The minimum absolute atomic E-state index is 0. The first-order valence-corrected chi connectivity index (χ1v) is 17.0. The lowest BCUT2D eigenvalue weighted by Gasteiger charge is -2.23. The second-order valence-electron chi connectivity index (χ2n) is 13.7. The molecule has 6 atom stereocenters. The molecule has 1 aliphatic rings. The fraction of sp³-hybridized carbons (Fsp3) is 0.579. The highest BCUT2D eigenvalue weighted by molar-refractivity contribution is 6.04. The van der Waals surface area contributed by atoms with E-state index in [1.807, 2.05) is 90.6 Å². The first kappa shape index (κ1) is 42.4. The molecule has 0 saturated carbocycles. The van der Waals surface area contributed by atoms with Gasteiger partial charge in [-0.25, -0.2) is 0 Å². The summed E-state index contributed by atoms with van der Waals surface area (Å²) in [7, 11) is 7.97. The molecule has 0 radical (unpaired) electrons. The van der Waals surface area contributed by atoms with Crippen LogP contribution in [-0.4, -0.2) is 103 Å². The molecule has 10 heteroatoms. The van der Waals surface area contributed by atoms with E-state index < -0.39 is 17.8 Å². The number of imide groups is 1. The Balaban J connectivity index is 0.000000470. The predicted molar refractivity (Wildman–Crippen MR) is 192 cm³/mol. The van der Waals surface area contributed by atoms with Crippen LogP contribution in [0.15, 0.2) is 60.7 Å². The van der Waals surface area contributed by atoms with Crippen molar-refractivity contribution in [3.63, 3.8) is 0 Å². The van der Waals surface area contributed by atoms with E-state index in [0.717, 1.165) is 37.9 Å². The van der Waals surface area contributed by atoms with E-state index in [0.29, 0.717) is 19.5 Å². The van der Waals surface area contributed by atoms with Crippen LogP contribution in [-0.2, 0) is 19.2 Å². The standard InChI is InChI=1S/C19H30N2O3.C19H28N2O2.H2O/c1-14(16-9-6-5-7-10-16)13-17(19(23)24)15(2)18(22)20-11-8-12-21(3)4;1-14(16-9-6-5-7-10-16)13-17-15(2)18(22)21(19(17)23)12-8-11-20(3)4;/h5-7,9-10,14-15,17H,8,11-13H2,1-4H3,(H,20,22)(H,23,24);5-7,9-10,14-15,17H,8,11-13H2,1-4H3;1H2. The molecule has 2 aromatic carbocycles. The second-order valence-corrected chi connectivity index (χ2v) is 13.7. The largest absolute Gasteiger partial charge is 0.481 e. The molecule has 3 rings (SSSR count). The number of nitrogens with one attached hydrogen (secondary N) is 1. The minimum atomic E-state index is -0.909. The van der Waals surface area contributed by atoms with Crippen LogP contribution >= 0.6 is 0 Å². The summed E-state index contributed by atoms with van der Waals surface area (Å²) in [6.07, 6.45) is 2.87. The molecule has 1 aliphatic heterocycles. The van der Waals surface area contributed by atoms with Crippen molar-refractivity contribution in [3.8, 4) is 0 Å². The Labute approximate surface area is 288 Å². The molecular weight excluding hydrogens is 608 g/mol. The summed E-state index contributed by atoms with van der Waals surface area (Å²) in [5.74, 6) is -2.32. The van der Waals surface area contributed by atoms with Crippen molar-refractivity contribution >= 4 is 23.7 Å². The molecule has 1 fully saturated rings. The Morgan fingerprint density at radius 1 is 0.812 bits per heavy atom. The number of nitrogens with zero attached hydrogens (tertiary/aromatic N) is 3. The molecular formula is C38H60N4O6. The quantitative estimate of drug-likeness (QED) is 0.187. The second kappa shape index (κ2) is 21.4. The predicted octanol–water partition coefficient (Wildman–Crippen LogP) is 4.51. The molecule has 10 nitrogen and oxygen atoms in total. The third-order valence-corrected chi connectivity index (χ3v) is 9.20. The number of hydrogen-bond donors (Lipinski definition) is 2. The average molecular weight is 669 g/mol. The molecule has 0 aliphatic carbocycles. The highest BCUT2D eigenvalue weighted by Gasteiger charge is 2.44. The molecule has 4 N–H and O–H groups in total. The van der Waals surface area contributed by atoms with E-state index in [4.69, 9.17) is 0 Å². The lowest BCUT2D eigenvalue weighted by Crippen LogP contribution is -2.38. The van der Waals surface area contributed by atoms with Crippen LogP contribution in [0.3, 0.4) is 0 Å². The van der Waals surface area contributed by atoms with Gasteiger partial charge in [-0.2, -0.15) is 0 Å². The van der Waals surface area contributed by atoms with Crippen molar-refractivity contribution in [1.82, 2.24) is 20.0 Å². The van der Waals surface area contributed by atoms with Gasteiger partial charge in [0.15, 0.2) is 0 Å². The van der Waals surface area contributed by atoms with Gasteiger partial charge in [-0.05, 0) is 89.9 Å². The third kappa shape index (κ3) is 13.5. The molecule has 6 unspecified atom stereocenters. The molecule has 1 saturated heterocycles. The van der Waals surface area contributed by atoms with Crippen LogP contribution in [0.4, 0.5) is 0 Å². The van der Waals surface area contributed by atoms with E-state index >= 15 is 0 Å². The van der Waals surface area contributed by atoms with Crippen molar-refractivity contribution in [2.45, 2.75) is 65.2 Å². The Bertz CT molecular complexity index is 1260. The smallest absolute Gasteiger partial charge is 0.307 e. The van der Waals surface area contributed by atoms with Crippen LogP contribution < -0.4 is 5.32 Å². The van der Waals surface area contributed by atoms with Crippen LogP contribution in [0.5, 0.6) is 0 Å². The number of likely N-dealkylation sites (tertiary alicyclic amines) is 1. The van der Waals surface area contributed by atoms with E-state index in [2.05, 4.69) is 34.2 Å². The van der Waals surface area contributed by atoms with Crippen molar-refractivity contribution < 1.29 is 29.8 Å². The van der Waals surface area contributed by atoms with Gasteiger partial charge in [0, 0.05) is 24.9 Å². The van der Waals surface area contributed by atoms with Crippen molar-refractivity contribution in [2.24, 2.45) is 23.7 Å². The van der Waals surface area contributed by atoms with Crippen molar-refractivity contribution in [1.29, 1.82) is 0 Å². The zero-order chi connectivity index (χ0) is 35.1. The van der Waals surface area contributed by atoms with E-state index in [1.54, 1.807) is 6.92 Å². The Morgan fingerprint density at radius 2 is 1.31 bits per heavy atom. The number of aliphatic carboxylic acids is 1. The summed E-state index contributed by atoms with van der Waals surface area (Å²) < 4.78 is 0. The summed E-state index contributed by atoms with van der Waals surface area (Å²) in [4.78, 5) is 54.6. The summed E-state index contributed by atoms with van der Waals surface area (Å²) in [5.41, 5.74) is 2.33. The molecule has 2 aromatic rings. The molecule has 0 aromatic heterocycles. The SMILES string of the molecule is CC(CC(C(=O)O)C(C)C(=O)NCCCN(C)C)c1ccccc1.CC(CC1C(=O)N(CCCN(C)C)C(=O)C1C)c1ccccc1.O. The lowest BCUT2D eigenvalue weighted by atomic mass is 9.83. The maximum absolute atomic E-state index is 12.7. The molecule has 48 heavy (non-hydrogen) atoms. The van der Waals surface area contributed by atoms with Gasteiger partial charge >= 0.3 is 5.97 Å². The van der Waals surface area contributed by atoms with E-state index in [9.17, 15) is 24.3 Å². The summed E-state index contributed by atoms with van der Waals surface area (Å²) >= 11 is 0. The first-order valence-electron chi connectivity index (χ1n) is 17.0. The van der Waals surface area contributed by atoms with Gasteiger partial charge in [-0.15, -0.1) is 0 Å². The minimum Gasteiger partial charge on any atom is -0.481 e. The van der Waals surface area contributed by atoms with Crippen LogP contribution in [0, 0.1) is 23.7 Å². The number of rotatable bonds is 17. The van der Waals surface area contributed by atoms with E-state index in [1.165, 1.54) is 10.5 Å². The number of hydrogen-bond acceptors (Lipinski definition) is 6. The number of carbonyl (C=O) groups is 4. The Morgan fingerprint density at radius 3 is 1.81 bits per heavy atom. The van der Waals surface area contributed by atoms with Crippen LogP contribution in [0.1, 0.15) is 76.3 Å². The van der Waals surface area contributed by atoms with Gasteiger partial charge in [0.2, 0.25) is 17.7 Å². The average Bonchev–Trinajstić information content (AvgIpc) is 3.24. The monoisotopic (exact) mass is 668 g/mol. The van der Waals surface area contributed by atoms with Crippen LogP contribution in [0.2, 0.25) is 0 Å². The number of carbonyl (C=O) groups excluding carboxylic acids is 3. The zero-order valence-electron chi connectivity index (χ0n) is 30.3. The summed E-state index contributed by atoms with van der Waals surface area (Å²) in [5, 5.41) is 12.4. The highest BCUT2D eigenvalue weighted by Crippen LogP contribution is 2.34. The van der Waals surface area contributed by atoms with Gasteiger partial charge < -0.3 is 25.7 Å². The summed E-state index contributed by atoms with van der Waals surface area (Å²) in [6, 6.07) is 20.0. The number of carboxylic acids is 1. The molecule has 1 heterocycles. The summed E-state index contributed by atoms with van der Waals surface area (Å²) in [6.45, 7) is 10.6. The number of benzene rings is 2. The molecule has 0 spiro atoms. The first-order chi connectivity index (χ1) is 22.2. The Hall–Kier alpha value is -3.60. The lowest BCUT2D eigenvalue weighted by molar-refractivity contribution is -0.147. The van der Waals surface area contributed by atoms with E-state index in [-0.39, 0.29) is 46.9 Å². The highest BCUT2D eigenvalue weighted by atomic mass is 16.4. The van der Waals surface area contributed by atoms with Crippen molar-refractivity contribution in [2.75, 3.05) is 54.4 Å². The van der Waals surface area contributed by atoms with Gasteiger partial charge in [0.25, 0.3) is 0 Å². The normalized spacial score (nSPS) is 18.4. The maximum Gasteiger partial charge on any atom is 0.307 e. The zero-order valence-corrected chi connectivity index (χ0v) is 30.3. The van der Waals surface area contributed by atoms with Crippen LogP contribution in [0.25, 0.3) is 0 Å². The third-order valence-electron chi connectivity index (χ3n) is 9.20. The number of amides is 3. The molecule has 3 amide bonds. The van der Waals surface area contributed by atoms with Gasteiger partial charge in [0.05, 0.1) is 11.8 Å². The fourth-order valence-corrected chi connectivity index (χ4v) is 6.08. The topological polar surface area (TPSA) is 142 Å². The van der Waals surface area contributed by atoms with Gasteiger partial charge in [-0.1, -0.05) is 88.4 Å². The molecule has 268 valence electrons. The maximum atomic E-state index is 12.7. The van der Waals surface area contributed by atoms with Crippen molar-refractivity contribution in [3.05, 3.63) is 71.8 Å². The molecule has 0 bridgehead atoms. The van der Waals surface area contributed by atoms with Gasteiger partial charge in [-0.3, -0.25) is 24.1 Å². The fourth-order valence-electron chi connectivity index (χ4n) is 6.08.